The molecule has 1 heterocycles. The molecule has 10 heteroatoms. The van der Waals surface area contributed by atoms with Gasteiger partial charge in [-0.25, -0.2) is 0 Å². The summed E-state index contributed by atoms with van der Waals surface area (Å²) in [5, 5.41) is 8.95. The number of aromatic nitrogens is 2. The average molecular weight is 467 g/mol. The smallest absolute Gasteiger partial charge is 0.348 e. The second-order valence-electron chi connectivity index (χ2n) is 7.67. The van der Waals surface area contributed by atoms with Gasteiger partial charge in [0, 0.05) is 24.9 Å². The summed E-state index contributed by atoms with van der Waals surface area (Å²) in [7, 11) is 1.26. The summed E-state index contributed by atoms with van der Waals surface area (Å²) in [6.07, 6.45) is -1.59. The van der Waals surface area contributed by atoms with Crippen LogP contribution in [0, 0.1) is 6.92 Å². The predicted molar refractivity (Wildman–Crippen MR) is 114 cm³/mol. The van der Waals surface area contributed by atoms with Crippen LogP contribution in [0.25, 0.3) is 0 Å². The zero-order valence-electron chi connectivity index (χ0n) is 17.7. The van der Waals surface area contributed by atoms with Crippen molar-refractivity contribution >= 4 is 23.4 Å². The highest BCUT2D eigenvalue weighted by Gasteiger charge is 2.41. The molecule has 0 fully saturated rings. The minimum atomic E-state index is -4.74. The maximum atomic E-state index is 13.4. The number of halogens is 4. The Bertz CT molecular complexity index is 1100. The van der Waals surface area contributed by atoms with Crippen molar-refractivity contribution in [3.8, 4) is 0 Å². The van der Waals surface area contributed by atoms with Gasteiger partial charge in [-0.3, -0.25) is 14.3 Å². The first kappa shape index (κ1) is 23.6. The van der Waals surface area contributed by atoms with E-state index in [4.69, 9.17) is 11.6 Å². The Morgan fingerprint density at radius 1 is 1.22 bits per heavy atom. The lowest BCUT2D eigenvalue weighted by molar-refractivity contribution is -0.138. The molecule has 0 saturated carbocycles. The molecule has 1 aromatic carbocycles. The number of hydrogen-bond donors (Lipinski definition) is 2. The fourth-order valence-electron chi connectivity index (χ4n) is 3.49. The Morgan fingerprint density at radius 3 is 2.50 bits per heavy atom. The molecular formula is C22H22ClF3N4O2. The van der Waals surface area contributed by atoms with E-state index in [2.05, 4.69) is 15.7 Å². The molecule has 1 atom stereocenters. The van der Waals surface area contributed by atoms with E-state index in [1.54, 1.807) is 13.0 Å². The molecule has 170 valence electrons. The molecule has 6 nitrogen and oxygen atoms in total. The largest absolute Gasteiger partial charge is 0.420 e. The monoisotopic (exact) mass is 466 g/mol. The lowest BCUT2D eigenvalue weighted by Crippen LogP contribution is -2.37. The van der Waals surface area contributed by atoms with Gasteiger partial charge < -0.3 is 10.6 Å². The first-order valence-electron chi connectivity index (χ1n) is 9.75. The third-order valence-corrected chi connectivity index (χ3v) is 5.44. The van der Waals surface area contributed by atoms with E-state index in [9.17, 15) is 22.8 Å². The van der Waals surface area contributed by atoms with Crippen LogP contribution in [-0.4, -0.2) is 26.5 Å². The first-order chi connectivity index (χ1) is 14.9. The van der Waals surface area contributed by atoms with Crippen LogP contribution in [0.3, 0.4) is 0 Å². The standard InChI is InChI=1S/C22H22ClF3N4O2/c1-13-17(22(24,25)26)18(30(3)29-13)20(32)28-15-9-10-21(2,23)16(11-15)19(31)27-12-14-7-5-4-6-8-14/h4-9,11H,10,12H2,1-3H3,(H,27,31)(H,28,32). The Kier molecular flexibility index (Phi) is 6.50. The predicted octanol–water partition coefficient (Wildman–Crippen LogP) is 4.01. The molecule has 1 aliphatic carbocycles. The van der Waals surface area contributed by atoms with Gasteiger partial charge in [-0.05, 0) is 31.9 Å². The Balaban J connectivity index is 1.81. The molecule has 2 N–H and O–H groups in total. The first-order valence-corrected chi connectivity index (χ1v) is 10.1. The van der Waals surface area contributed by atoms with Gasteiger partial charge in [0.1, 0.15) is 11.3 Å². The molecule has 0 bridgehead atoms. The van der Waals surface area contributed by atoms with Gasteiger partial charge in [-0.15, -0.1) is 11.6 Å². The third-order valence-electron chi connectivity index (χ3n) is 5.09. The zero-order valence-corrected chi connectivity index (χ0v) is 18.4. The number of aryl methyl sites for hydroxylation is 2. The summed E-state index contributed by atoms with van der Waals surface area (Å²) in [6, 6.07) is 9.26. The van der Waals surface area contributed by atoms with Gasteiger partial charge in [0.05, 0.1) is 10.6 Å². The normalized spacial score (nSPS) is 18.6. The van der Waals surface area contributed by atoms with Crippen molar-refractivity contribution < 1.29 is 22.8 Å². The molecule has 1 aromatic heterocycles. The third kappa shape index (κ3) is 5.04. The number of rotatable bonds is 5. The van der Waals surface area contributed by atoms with E-state index in [0.717, 1.165) is 10.2 Å². The lowest BCUT2D eigenvalue weighted by Gasteiger charge is -2.28. The molecule has 0 radical (unpaired) electrons. The molecule has 0 spiro atoms. The van der Waals surface area contributed by atoms with Crippen molar-refractivity contribution in [2.45, 2.75) is 37.9 Å². The Morgan fingerprint density at radius 2 is 1.88 bits per heavy atom. The van der Waals surface area contributed by atoms with Crippen LogP contribution >= 0.6 is 11.6 Å². The molecule has 1 aliphatic rings. The highest BCUT2D eigenvalue weighted by Crippen LogP contribution is 2.36. The van der Waals surface area contributed by atoms with Crippen LogP contribution in [0.5, 0.6) is 0 Å². The summed E-state index contributed by atoms with van der Waals surface area (Å²) < 4.78 is 41.2. The van der Waals surface area contributed by atoms with E-state index in [0.29, 0.717) is 0 Å². The van der Waals surface area contributed by atoms with E-state index in [1.165, 1.54) is 20.0 Å². The maximum absolute atomic E-state index is 13.4. The molecule has 0 saturated heterocycles. The molecule has 1 unspecified atom stereocenters. The SMILES string of the molecule is Cc1nn(C)c(C(=O)NC2=CCC(C)(Cl)C(C(=O)NCc3ccccc3)=C2)c1C(F)(F)F. The van der Waals surface area contributed by atoms with Crippen LogP contribution in [0.2, 0.25) is 0 Å². The highest BCUT2D eigenvalue weighted by molar-refractivity contribution is 6.29. The molecule has 0 aliphatic heterocycles. The fourth-order valence-corrected chi connectivity index (χ4v) is 3.71. The molecule has 32 heavy (non-hydrogen) atoms. The fraction of sp³-hybridized carbons (Fsp3) is 0.318. The number of benzene rings is 1. The van der Waals surface area contributed by atoms with Crippen molar-refractivity contribution in [3.63, 3.8) is 0 Å². The van der Waals surface area contributed by atoms with Crippen molar-refractivity contribution in [2.75, 3.05) is 0 Å². The Hall–Kier alpha value is -3.07. The van der Waals surface area contributed by atoms with Gasteiger partial charge in [0.2, 0.25) is 5.91 Å². The van der Waals surface area contributed by atoms with Gasteiger partial charge >= 0.3 is 6.18 Å². The second kappa shape index (κ2) is 8.82. The van der Waals surface area contributed by atoms with Crippen molar-refractivity contribution in [1.82, 2.24) is 20.4 Å². The minimum absolute atomic E-state index is 0.185. The van der Waals surface area contributed by atoms with Crippen LogP contribution < -0.4 is 10.6 Å². The quantitative estimate of drug-likeness (QED) is 0.654. The van der Waals surface area contributed by atoms with Crippen molar-refractivity contribution in [3.05, 3.63) is 76.3 Å². The van der Waals surface area contributed by atoms with Crippen LogP contribution in [-0.2, 0) is 24.6 Å². The average Bonchev–Trinajstić information content (AvgIpc) is 3.02. The summed E-state index contributed by atoms with van der Waals surface area (Å²) >= 11 is 6.50. The molecule has 2 aromatic rings. The summed E-state index contributed by atoms with van der Waals surface area (Å²) in [4.78, 5) is 24.4. The van der Waals surface area contributed by atoms with Gasteiger partial charge in [0.25, 0.3) is 5.91 Å². The minimum Gasteiger partial charge on any atom is -0.348 e. The molecule has 3 rings (SSSR count). The van der Waals surface area contributed by atoms with Crippen LogP contribution in [0.1, 0.15) is 40.7 Å². The summed E-state index contributed by atoms with van der Waals surface area (Å²) in [6.45, 7) is 3.12. The number of nitrogens with one attached hydrogen (secondary N) is 2. The van der Waals surface area contributed by atoms with Crippen LogP contribution in [0.4, 0.5) is 13.2 Å². The molecular weight excluding hydrogens is 445 g/mol. The zero-order chi connectivity index (χ0) is 23.7. The number of carbonyl (C=O) groups is 2. The second-order valence-corrected chi connectivity index (χ2v) is 8.51. The van der Waals surface area contributed by atoms with Crippen molar-refractivity contribution in [2.24, 2.45) is 7.05 Å². The van der Waals surface area contributed by atoms with E-state index >= 15 is 0 Å². The summed E-state index contributed by atoms with van der Waals surface area (Å²) in [5.41, 5.74) is -0.730. The Labute approximate surface area is 188 Å². The molecule has 2 amide bonds. The van der Waals surface area contributed by atoms with Crippen molar-refractivity contribution in [1.29, 1.82) is 0 Å². The number of amides is 2. The summed E-state index contributed by atoms with van der Waals surface area (Å²) in [5.74, 6) is -1.41. The van der Waals surface area contributed by atoms with Crippen LogP contribution in [0.15, 0.2) is 53.8 Å². The van der Waals surface area contributed by atoms with E-state index < -0.39 is 34.1 Å². The van der Waals surface area contributed by atoms with E-state index in [-0.39, 0.29) is 29.9 Å². The highest BCUT2D eigenvalue weighted by atomic mass is 35.5. The van der Waals surface area contributed by atoms with Gasteiger partial charge in [0.15, 0.2) is 0 Å². The van der Waals surface area contributed by atoms with Gasteiger partial charge in [-0.1, -0.05) is 36.4 Å². The number of hydrogen-bond acceptors (Lipinski definition) is 3. The number of alkyl halides is 4. The lowest BCUT2D eigenvalue weighted by atomic mass is 9.90. The number of nitrogens with zero attached hydrogens (tertiary/aromatic N) is 2. The maximum Gasteiger partial charge on any atom is 0.420 e. The van der Waals surface area contributed by atoms with E-state index in [1.807, 2.05) is 30.3 Å². The number of allylic oxidation sites excluding steroid dienone is 2. The van der Waals surface area contributed by atoms with Gasteiger partial charge in [-0.2, -0.15) is 18.3 Å². The topological polar surface area (TPSA) is 76.0 Å². The number of carbonyl (C=O) groups excluding carboxylic acids is 2.